The quantitative estimate of drug-likeness (QED) is 0.581. The van der Waals surface area contributed by atoms with E-state index in [0.29, 0.717) is 12.1 Å². The molecule has 0 amide bonds. The van der Waals surface area contributed by atoms with E-state index in [-0.39, 0.29) is 5.56 Å². The van der Waals surface area contributed by atoms with Gasteiger partial charge in [0.25, 0.3) is 0 Å². The van der Waals surface area contributed by atoms with Gasteiger partial charge in [-0.25, -0.2) is 4.39 Å². The second-order valence-corrected chi connectivity index (χ2v) is 2.87. The number of nitrogens with zero attached hydrogens (tertiary/aromatic N) is 1. The number of benzene rings is 1. The molecular weight excluding hydrogens is 210 g/mol. The van der Waals surface area contributed by atoms with Crippen LogP contribution >= 0.6 is 0 Å². The van der Waals surface area contributed by atoms with Gasteiger partial charge in [-0.2, -0.15) is 4.39 Å². The standard InChI is InChI=1S/C8H8F2N2O3/c9-5-2-6(10)8(12(14)15)1-4(5)7(11)3-13/h1-2,7,13H,3,11H2/t7-/m0/s1. The maximum Gasteiger partial charge on any atom is 0.305 e. The van der Waals surface area contributed by atoms with Crippen LogP contribution in [0.25, 0.3) is 0 Å². The fraction of sp³-hybridized carbons (Fsp3) is 0.250. The first-order chi connectivity index (χ1) is 6.97. The molecule has 0 unspecified atom stereocenters. The van der Waals surface area contributed by atoms with Gasteiger partial charge in [0.2, 0.25) is 5.82 Å². The molecule has 7 heteroatoms. The molecule has 0 aliphatic rings. The molecule has 1 rings (SSSR count). The van der Waals surface area contributed by atoms with Crippen molar-refractivity contribution < 1.29 is 18.8 Å². The molecule has 5 nitrogen and oxygen atoms in total. The first-order valence-corrected chi connectivity index (χ1v) is 3.97. The van der Waals surface area contributed by atoms with E-state index < -0.39 is 34.9 Å². The molecule has 0 aliphatic carbocycles. The van der Waals surface area contributed by atoms with Crippen molar-refractivity contribution in [2.75, 3.05) is 6.61 Å². The van der Waals surface area contributed by atoms with Gasteiger partial charge in [0.05, 0.1) is 17.6 Å². The van der Waals surface area contributed by atoms with Gasteiger partial charge in [-0.3, -0.25) is 10.1 Å². The lowest BCUT2D eigenvalue weighted by Gasteiger charge is -2.09. The molecule has 0 aromatic heterocycles. The third-order valence-electron chi connectivity index (χ3n) is 1.86. The molecule has 1 aromatic rings. The highest BCUT2D eigenvalue weighted by atomic mass is 19.1. The Morgan fingerprint density at radius 1 is 1.47 bits per heavy atom. The lowest BCUT2D eigenvalue weighted by Crippen LogP contribution is -2.16. The first kappa shape index (κ1) is 11.5. The summed E-state index contributed by atoms with van der Waals surface area (Å²) in [5.41, 5.74) is 4.13. The molecule has 0 heterocycles. The maximum absolute atomic E-state index is 13.1. The summed E-state index contributed by atoms with van der Waals surface area (Å²) >= 11 is 0. The number of nitrogens with two attached hydrogens (primary N) is 1. The molecule has 82 valence electrons. The topological polar surface area (TPSA) is 89.4 Å². The van der Waals surface area contributed by atoms with Crippen LogP contribution in [0.2, 0.25) is 0 Å². The van der Waals surface area contributed by atoms with Crippen LogP contribution in [-0.2, 0) is 0 Å². The lowest BCUT2D eigenvalue weighted by molar-refractivity contribution is -0.387. The summed E-state index contributed by atoms with van der Waals surface area (Å²) < 4.78 is 25.9. The van der Waals surface area contributed by atoms with Crippen molar-refractivity contribution in [2.45, 2.75) is 6.04 Å². The summed E-state index contributed by atoms with van der Waals surface area (Å²) in [6, 6.07) is -0.0431. The minimum absolute atomic E-state index is 0.286. The highest BCUT2D eigenvalue weighted by molar-refractivity contribution is 5.38. The number of rotatable bonds is 3. The minimum Gasteiger partial charge on any atom is -0.394 e. The predicted octanol–water partition coefficient (Wildman–Crippen LogP) is 0.865. The Kier molecular flexibility index (Phi) is 3.28. The molecule has 0 bridgehead atoms. The molecule has 3 N–H and O–H groups in total. The zero-order valence-corrected chi connectivity index (χ0v) is 7.48. The van der Waals surface area contributed by atoms with Crippen LogP contribution in [0, 0.1) is 21.7 Å². The molecule has 1 aromatic carbocycles. The van der Waals surface area contributed by atoms with Crippen molar-refractivity contribution in [3.05, 3.63) is 39.4 Å². The van der Waals surface area contributed by atoms with E-state index in [4.69, 9.17) is 10.8 Å². The van der Waals surface area contributed by atoms with Crippen molar-refractivity contribution in [3.63, 3.8) is 0 Å². The SMILES string of the molecule is N[C@@H](CO)c1cc([N+](=O)[O-])c(F)cc1F. The van der Waals surface area contributed by atoms with Crippen molar-refractivity contribution in [1.82, 2.24) is 0 Å². The summed E-state index contributed by atoms with van der Waals surface area (Å²) in [5.74, 6) is -2.29. The summed E-state index contributed by atoms with van der Waals surface area (Å²) in [5, 5.41) is 19.0. The highest BCUT2D eigenvalue weighted by Gasteiger charge is 2.21. The molecular formula is C8H8F2N2O3. The number of hydrogen-bond donors (Lipinski definition) is 2. The molecule has 0 saturated carbocycles. The highest BCUT2D eigenvalue weighted by Crippen LogP contribution is 2.24. The van der Waals surface area contributed by atoms with Gasteiger partial charge < -0.3 is 10.8 Å². The van der Waals surface area contributed by atoms with Crippen molar-refractivity contribution in [2.24, 2.45) is 5.73 Å². The van der Waals surface area contributed by atoms with Crippen LogP contribution in [0.3, 0.4) is 0 Å². The lowest BCUT2D eigenvalue weighted by atomic mass is 10.1. The van der Waals surface area contributed by atoms with Crippen molar-refractivity contribution >= 4 is 5.69 Å². The molecule has 0 fully saturated rings. The maximum atomic E-state index is 13.1. The third kappa shape index (κ3) is 2.25. The number of hydrogen-bond acceptors (Lipinski definition) is 4. The number of nitro benzene ring substituents is 1. The average Bonchev–Trinajstić information content (AvgIpc) is 2.16. The number of nitro groups is 1. The van der Waals surface area contributed by atoms with E-state index >= 15 is 0 Å². The fourth-order valence-electron chi connectivity index (χ4n) is 1.08. The number of aliphatic hydroxyl groups excluding tert-OH is 1. The second kappa shape index (κ2) is 4.28. The second-order valence-electron chi connectivity index (χ2n) is 2.87. The number of halogens is 2. The van der Waals surface area contributed by atoms with Gasteiger partial charge in [0.1, 0.15) is 5.82 Å². The van der Waals surface area contributed by atoms with Crippen LogP contribution < -0.4 is 5.73 Å². The fourth-order valence-corrected chi connectivity index (χ4v) is 1.08. The third-order valence-corrected chi connectivity index (χ3v) is 1.86. The number of aliphatic hydroxyl groups is 1. The molecule has 15 heavy (non-hydrogen) atoms. The van der Waals surface area contributed by atoms with Crippen molar-refractivity contribution in [3.8, 4) is 0 Å². The van der Waals surface area contributed by atoms with E-state index in [0.717, 1.165) is 0 Å². The van der Waals surface area contributed by atoms with Crippen molar-refractivity contribution in [1.29, 1.82) is 0 Å². The van der Waals surface area contributed by atoms with E-state index in [1.165, 1.54) is 0 Å². The molecule has 1 atom stereocenters. The average molecular weight is 218 g/mol. The Bertz CT molecular complexity index is 398. The largest absolute Gasteiger partial charge is 0.394 e. The summed E-state index contributed by atoms with van der Waals surface area (Å²) in [6.07, 6.45) is 0. The zero-order valence-electron chi connectivity index (χ0n) is 7.48. The molecule has 0 saturated heterocycles. The zero-order chi connectivity index (χ0) is 11.6. The predicted molar refractivity (Wildman–Crippen MR) is 47.0 cm³/mol. The van der Waals surface area contributed by atoms with Gasteiger partial charge >= 0.3 is 5.69 Å². The first-order valence-electron chi connectivity index (χ1n) is 3.97. The van der Waals surface area contributed by atoms with Crippen LogP contribution in [0.4, 0.5) is 14.5 Å². The summed E-state index contributed by atoms with van der Waals surface area (Å²) in [6.45, 7) is -0.584. The molecule has 0 aliphatic heterocycles. The van der Waals surface area contributed by atoms with Gasteiger partial charge in [0.15, 0.2) is 0 Å². The van der Waals surface area contributed by atoms with Gasteiger partial charge in [-0.05, 0) is 0 Å². The Hall–Kier alpha value is -1.60. The Morgan fingerprint density at radius 3 is 2.53 bits per heavy atom. The van der Waals surface area contributed by atoms with Gasteiger partial charge in [-0.1, -0.05) is 0 Å². The normalized spacial score (nSPS) is 12.5. The van der Waals surface area contributed by atoms with Crippen LogP contribution in [0.1, 0.15) is 11.6 Å². The Balaban J connectivity index is 3.29. The van der Waals surface area contributed by atoms with Crippen LogP contribution in [-0.4, -0.2) is 16.6 Å². The minimum atomic E-state index is -1.27. The molecule has 0 radical (unpaired) electrons. The van der Waals surface area contributed by atoms with E-state index in [1.807, 2.05) is 0 Å². The van der Waals surface area contributed by atoms with Crippen LogP contribution in [0.15, 0.2) is 12.1 Å². The van der Waals surface area contributed by atoms with Crippen LogP contribution in [0.5, 0.6) is 0 Å². The molecule has 0 spiro atoms. The smallest absolute Gasteiger partial charge is 0.305 e. The Morgan fingerprint density at radius 2 is 2.07 bits per heavy atom. The Labute approximate surface area is 83.3 Å². The monoisotopic (exact) mass is 218 g/mol. The van der Waals surface area contributed by atoms with E-state index in [1.54, 1.807) is 0 Å². The summed E-state index contributed by atoms with van der Waals surface area (Å²) in [4.78, 5) is 9.35. The summed E-state index contributed by atoms with van der Waals surface area (Å²) in [7, 11) is 0. The van der Waals surface area contributed by atoms with Gasteiger partial charge in [-0.15, -0.1) is 0 Å². The van der Waals surface area contributed by atoms with E-state index in [9.17, 15) is 18.9 Å². The van der Waals surface area contributed by atoms with E-state index in [2.05, 4.69) is 0 Å². The van der Waals surface area contributed by atoms with Gasteiger partial charge in [0, 0.05) is 17.7 Å².